The van der Waals surface area contributed by atoms with Crippen LogP contribution in [0.15, 0.2) is 35.1 Å². The molecule has 3 nitrogen and oxygen atoms in total. The molecule has 94 valence electrons. The van der Waals surface area contributed by atoms with E-state index < -0.39 is 5.82 Å². The number of carbonyl (C=O) groups is 1. The quantitative estimate of drug-likeness (QED) is 0.813. The Labute approximate surface area is 113 Å². The van der Waals surface area contributed by atoms with Crippen LogP contribution in [-0.4, -0.2) is 15.6 Å². The number of halogens is 2. The van der Waals surface area contributed by atoms with Crippen molar-refractivity contribution < 1.29 is 9.18 Å². The minimum absolute atomic E-state index is 0.0703. The molecule has 5 heteroatoms. The smallest absolute Gasteiger partial charge is 0.163 e. The highest BCUT2D eigenvalue weighted by Gasteiger charge is 2.09. The number of benzene rings is 1. The van der Waals surface area contributed by atoms with E-state index in [4.69, 9.17) is 0 Å². The first-order valence-electron chi connectivity index (χ1n) is 5.51. The first-order valence-corrected chi connectivity index (χ1v) is 6.31. The highest BCUT2D eigenvalue weighted by molar-refractivity contribution is 9.10. The average Bonchev–Trinajstić information content (AvgIpc) is 2.70. The number of hydrogen-bond acceptors (Lipinski definition) is 2. The molecule has 0 saturated carbocycles. The Morgan fingerprint density at radius 2 is 2.22 bits per heavy atom. The van der Waals surface area contributed by atoms with Gasteiger partial charge in [0.05, 0.1) is 6.20 Å². The molecule has 0 aliphatic heterocycles. The fourth-order valence-electron chi connectivity index (χ4n) is 1.72. The molecule has 2 rings (SSSR count). The number of carbonyl (C=O) groups excluding carboxylic acids is 1. The Hall–Kier alpha value is -1.49. The van der Waals surface area contributed by atoms with Crippen LogP contribution in [0.25, 0.3) is 0 Å². The van der Waals surface area contributed by atoms with Gasteiger partial charge in [-0.3, -0.25) is 9.48 Å². The van der Waals surface area contributed by atoms with Gasteiger partial charge in [-0.2, -0.15) is 5.10 Å². The van der Waals surface area contributed by atoms with Gasteiger partial charge in [-0.1, -0.05) is 15.9 Å². The average molecular weight is 311 g/mol. The molecule has 0 N–H and O–H groups in total. The lowest BCUT2D eigenvalue weighted by Gasteiger charge is -2.01. The zero-order valence-electron chi connectivity index (χ0n) is 9.86. The first kappa shape index (κ1) is 13.0. The van der Waals surface area contributed by atoms with Crippen LogP contribution < -0.4 is 0 Å². The third-order valence-corrected chi connectivity index (χ3v) is 3.04. The van der Waals surface area contributed by atoms with Crippen molar-refractivity contribution in [2.24, 2.45) is 7.05 Å². The van der Waals surface area contributed by atoms with Crippen LogP contribution in [0.3, 0.4) is 0 Å². The SMILES string of the molecule is Cn1cc(CCC(=O)c2cc(F)cc(Br)c2)cn1. The molecular formula is C13H12BrFN2O. The van der Waals surface area contributed by atoms with Crippen molar-refractivity contribution in [2.45, 2.75) is 12.8 Å². The van der Waals surface area contributed by atoms with Crippen molar-refractivity contribution in [3.05, 3.63) is 52.0 Å². The van der Waals surface area contributed by atoms with Gasteiger partial charge in [0.2, 0.25) is 0 Å². The van der Waals surface area contributed by atoms with E-state index >= 15 is 0 Å². The van der Waals surface area contributed by atoms with Crippen LogP contribution in [0.2, 0.25) is 0 Å². The van der Waals surface area contributed by atoms with Crippen molar-refractivity contribution in [1.29, 1.82) is 0 Å². The number of aromatic nitrogens is 2. The molecule has 0 spiro atoms. The summed E-state index contributed by atoms with van der Waals surface area (Å²) < 4.78 is 15.4. The summed E-state index contributed by atoms with van der Waals surface area (Å²) in [7, 11) is 1.83. The van der Waals surface area contributed by atoms with E-state index in [1.165, 1.54) is 12.1 Å². The van der Waals surface area contributed by atoms with E-state index in [-0.39, 0.29) is 5.78 Å². The maximum atomic E-state index is 13.2. The second-order valence-electron chi connectivity index (χ2n) is 4.10. The number of aryl methyl sites for hydroxylation is 2. The summed E-state index contributed by atoms with van der Waals surface area (Å²) in [5.41, 5.74) is 1.40. The van der Waals surface area contributed by atoms with Gasteiger partial charge in [0, 0.05) is 29.7 Å². The number of rotatable bonds is 4. The summed E-state index contributed by atoms with van der Waals surface area (Å²) >= 11 is 3.18. The van der Waals surface area contributed by atoms with Crippen molar-refractivity contribution in [2.75, 3.05) is 0 Å². The maximum Gasteiger partial charge on any atom is 0.163 e. The molecule has 0 atom stereocenters. The van der Waals surface area contributed by atoms with E-state index in [0.717, 1.165) is 5.56 Å². The molecule has 0 unspecified atom stereocenters. The van der Waals surface area contributed by atoms with Crippen LogP contribution in [0.5, 0.6) is 0 Å². The molecule has 1 heterocycles. The Bertz CT molecular complexity index is 560. The first-order chi connectivity index (χ1) is 8.54. The van der Waals surface area contributed by atoms with E-state index in [0.29, 0.717) is 22.9 Å². The number of Topliss-reactive ketones (excluding diaryl/α,β-unsaturated/α-hetero) is 1. The Kier molecular flexibility index (Phi) is 3.91. The van der Waals surface area contributed by atoms with Crippen molar-refractivity contribution in [3.63, 3.8) is 0 Å². The lowest BCUT2D eigenvalue weighted by molar-refractivity contribution is 0.0982. The van der Waals surface area contributed by atoms with Crippen LogP contribution in [-0.2, 0) is 13.5 Å². The third-order valence-electron chi connectivity index (χ3n) is 2.58. The fraction of sp³-hybridized carbons (Fsp3) is 0.231. The van der Waals surface area contributed by atoms with E-state index in [1.807, 2.05) is 13.2 Å². The third kappa shape index (κ3) is 3.26. The Balaban J connectivity index is 2.03. The summed E-state index contributed by atoms with van der Waals surface area (Å²) in [5, 5.41) is 4.03. The van der Waals surface area contributed by atoms with Gasteiger partial charge in [-0.25, -0.2) is 4.39 Å². The van der Waals surface area contributed by atoms with Gasteiger partial charge in [0.1, 0.15) is 5.82 Å². The lowest BCUT2D eigenvalue weighted by atomic mass is 10.0. The molecule has 0 aliphatic rings. The van der Waals surface area contributed by atoms with Gasteiger partial charge in [0.25, 0.3) is 0 Å². The van der Waals surface area contributed by atoms with Gasteiger partial charge in [0.15, 0.2) is 5.78 Å². The molecule has 0 fully saturated rings. The zero-order chi connectivity index (χ0) is 13.1. The van der Waals surface area contributed by atoms with Crippen molar-refractivity contribution in [3.8, 4) is 0 Å². The minimum Gasteiger partial charge on any atom is -0.294 e. The second kappa shape index (κ2) is 5.44. The maximum absolute atomic E-state index is 13.2. The van der Waals surface area contributed by atoms with Crippen LogP contribution in [0.4, 0.5) is 4.39 Å². The van der Waals surface area contributed by atoms with Crippen LogP contribution in [0.1, 0.15) is 22.3 Å². The molecule has 0 aliphatic carbocycles. The Morgan fingerprint density at radius 1 is 1.44 bits per heavy atom. The molecule has 0 bridgehead atoms. The predicted octanol–water partition coefficient (Wildman–Crippen LogP) is 3.14. The minimum atomic E-state index is -0.408. The van der Waals surface area contributed by atoms with Gasteiger partial charge >= 0.3 is 0 Å². The largest absolute Gasteiger partial charge is 0.294 e. The molecule has 18 heavy (non-hydrogen) atoms. The Morgan fingerprint density at radius 3 is 2.83 bits per heavy atom. The normalized spacial score (nSPS) is 10.6. The topological polar surface area (TPSA) is 34.9 Å². The molecular weight excluding hydrogens is 299 g/mol. The standard InChI is InChI=1S/C13H12BrFN2O/c1-17-8-9(7-16-17)2-3-13(18)10-4-11(14)6-12(15)5-10/h4-8H,2-3H2,1H3. The number of nitrogens with zero attached hydrogens (tertiary/aromatic N) is 2. The molecule has 2 aromatic rings. The van der Waals surface area contributed by atoms with Crippen LogP contribution >= 0.6 is 15.9 Å². The highest BCUT2D eigenvalue weighted by atomic mass is 79.9. The van der Waals surface area contributed by atoms with Crippen LogP contribution in [0, 0.1) is 5.82 Å². The fourth-order valence-corrected chi connectivity index (χ4v) is 2.18. The molecule has 0 amide bonds. The van der Waals surface area contributed by atoms with Crippen molar-refractivity contribution in [1.82, 2.24) is 9.78 Å². The predicted molar refractivity (Wildman–Crippen MR) is 70.0 cm³/mol. The second-order valence-corrected chi connectivity index (χ2v) is 5.02. The van der Waals surface area contributed by atoms with Gasteiger partial charge in [-0.05, 0) is 30.2 Å². The number of ketones is 1. The number of hydrogen-bond donors (Lipinski definition) is 0. The summed E-state index contributed by atoms with van der Waals surface area (Å²) in [6, 6.07) is 4.23. The monoisotopic (exact) mass is 310 g/mol. The lowest BCUT2D eigenvalue weighted by Crippen LogP contribution is -2.01. The summed E-state index contributed by atoms with van der Waals surface area (Å²) in [6.45, 7) is 0. The zero-order valence-corrected chi connectivity index (χ0v) is 11.4. The molecule has 1 aromatic carbocycles. The summed E-state index contributed by atoms with van der Waals surface area (Å²) in [5.74, 6) is -0.479. The molecule has 1 aromatic heterocycles. The van der Waals surface area contributed by atoms with Gasteiger partial charge < -0.3 is 0 Å². The summed E-state index contributed by atoms with van der Waals surface area (Å²) in [6.07, 6.45) is 4.56. The van der Waals surface area contributed by atoms with E-state index in [9.17, 15) is 9.18 Å². The summed E-state index contributed by atoms with van der Waals surface area (Å²) in [4.78, 5) is 11.9. The van der Waals surface area contributed by atoms with Gasteiger partial charge in [-0.15, -0.1) is 0 Å². The molecule has 0 saturated heterocycles. The van der Waals surface area contributed by atoms with E-state index in [1.54, 1.807) is 16.9 Å². The van der Waals surface area contributed by atoms with E-state index in [2.05, 4.69) is 21.0 Å². The van der Waals surface area contributed by atoms with Crippen molar-refractivity contribution >= 4 is 21.7 Å². The highest BCUT2D eigenvalue weighted by Crippen LogP contribution is 2.17. The molecule has 0 radical (unpaired) electrons.